The summed E-state index contributed by atoms with van der Waals surface area (Å²) in [6.45, 7) is 5.37. The normalized spacial score (nSPS) is 18.9. The van der Waals surface area contributed by atoms with E-state index in [1.54, 1.807) is 44.5 Å². The number of allylic oxidation sites excluding steroid dienone is 4. The number of amides is 3. The fourth-order valence-electron chi connectivity index (χ4n) is 5.65. The third kappa shape index (κ3) is 7.18. The van der Waals surface area contributed by atoms with E-state index >= 15 is 0 Å². The summed E-state index contributed by atoms with van der Waals surface area (Å²) >= 11 is 6.58. The summed E-state index contributed by atoms with van der Waals surface area (Å²) in [6.07, 6.45) is 8.55. The van der Waals surface area contributed by atoms with Crippen LogP contribution in [-0.2, 0) is 9.53 Å². The maximum absolute atomic E-state index is 12.7. The summed E-state index contributed by atoms with van der Waals surface area (Å²) in [5.74, 6) is 3.33. The molecule has 2 saturated heterocycles. The molecule has 6 rings (SSSR count). The molecule has 1 spiro atoms. The molecule has 2 aromatic heterocycles. The number of rotatable bonds is 10. The number of nitrogens with one attached hydrogen (secondary N) is 2. The van der Waals surface area contributed by atoms with Crippen LogP contribution in [0.4, 0.5) is 10.6 Å². The van der Waals surface area contributed by atoms with Crippen molar-refractivity contribution in [3.05, 3.63) is 59.8 Å². The summed E-state index contributed by atoms with van der Waals surface area (Å²) in [5, 5.41) is 9.31. The predicted octanol–water partition coefficient (Wildman–Crippen LogP) is 5.32. The van der Waals surface area contributed by atoms with E-state index in [0.717, 1.165) is 44.5 Å². The van der Waals surface area contributed by atoms with E-state index in [0.29, 0.717) is 77.1 Å². The zero-order chi connectivity index (χ0) is 31.4. The molecule has 13 heteroatoms. The number of piperidine rings is 1. The van der Waals surface area contributed by atoms with Gasteiger partial charge in [0.15, 0.2) is 17.3 Å². The van der Waals surface area contributed by atoms with Crippen LogP contribution in [0.1, 0.15) is 37.9 Å². The van der Waals surface area contributed by atoms with Crippen molar-refractivity contribution >= 4 is 40.3 Å². The lowest BCUT2D eigenvalue weighted by Gasteiger charge is -2.47. The Morgan fingerprint density at radius 2 is 1.93 bits per heavy atom. The van der Waals surface area contributed by atoms with Crippen LogP contribution in [0.25, 0.3) is 10.9 Å². The van der Waals surface area contributed by atoms with Gasteiger partial charge in [0.2, 0.25) is 5.91 Å². The Kier molecular flexibility index (Phi) is 9.13. The van der Waals surface area contributed by atoms with E-state index in [9.17, 15) is 9.59 Å². The number of aromatic nitrogens is 2. The van der Waals surface area contributed by atoms with Crippen LogP contribution >= 0.6 is 11.6 Å². The number of pyridine rings is 1. The maximum Gasteiger partial charge on any atom is 0.324 e. The van der Waals surface area contributed by atoms with Crippen LogP contribution in [0.5, 0.6) is 17.2 Å². The molecule has 2 fully saturated rings. The maximum atomic E-state index is 12.7. The minimum atomic E-state index is -0.520. The number of urea groups is 1. The van der Waals surface area contributed by atoms with Crippen LogP contribution < -0.4 is 24.8 Å². The van der Waals surface area contributed by atoms with Crippen LogP contribution in [0.15, 0.2) is 58.6 Å². The topological polar surface area (TPSA) is 137 Å². The lowest BCUT2D eigenvalue weighted by Crippen LogP contribution is -2.52. The Hall–Kier alpha value is -4.29. The highest BCUT2D eigenvalue weighted by Gasteiger charge is 2.41. The molecule has 2 aliphatic heterocycles. The number of hydrogen-bond donors (Lipinski definition) is 2. The van der Waals surface area contributed by atoms with Gasteiger partial charge in [-0.2, -0.15) is 0 Å². The Balaban J connectivity index is 1.04. The van der Waals surface area contributed by atoms with E-state index in [1.165, 1.54) is 0 Å². The van der Waals surface area contributed by atoms with Gasteiger partial charge >= 0.3 is 6.03 Å². The zero-order valence-electron chi connectivity index (χ0n) is 25.3. The quantitative estimate of drug-likeness (QED) is 0.224. The lowest BCUT2D eigenvalue weighted by atomic mass is 9.77. The Morgan fingerprint density at radius 1 is 1.11 bits per heavy atom. The van der Waals surface area contributed by atoms with Gasteiger partial charge in [-0.25, -0.2) is 4.79 Å². The molecule has 3 aliphatic rings. The van der Waals surface area contributed by atoms with Crippen molar-refractivity contribution in [1.29, 1.82) is 0 Å². The minimum Gasteiger partial charge on any atom is -0.493 e. The van der Waals surface area contributed by atoms with Gasteiger partial charge in [0.05, 0.1) is 37.8 Å². The number of methoxy groups -OCH3 is 1. The molecular weight excluding hydrogens is 602 g/mol. The number of carbonyl (C=O) groups excluding carboxylic acids is 2. The Morgan fingerprint density at radius 3 is 2.62 bits per heavy atom. The van der Waals surface area contributed by atoms with Gasteiger partial charge in [-0.15, -0.1) is 11.6 Å². The standard InChI is InChI=1S/C32H36ClN5O7/c1-20-14-29(37-45-20)36-31(40)35-24-6-5-21(15-23(24)33)44-26-7-10-34-25-17-28(27(41-2)16-22(25)26)43-13-3-4-30(39)38-11-8-32(9-12-38)18-42-19-32/h5-7,10,14,16-17,23H,3-4,8-9,11-13,15,18-19H2,1-2H3,(H2,35,36,37,40). The van der Waals surface area contributed by atoms with Crippen molar-refractivity contribution in [2.75, 3.05) is 45.3 Å². The van der Waals surface area contributed by atoms with Crippen molar-refractivity contribution in [2.45, 2.75) is 44.4 Å². The van der Waals surface area contributed by atoms with E-state index in [1.807, 2.05) is 17.0 Å². The molecule has 238 valence electrons. The third-order valence-electron chi connectivity index (χ3n) is 8.31. The first-order valence-corrected chi connectivity index (χ1v) is 15.4. The summed E-state index contributed by atoms with van der Waals surface area (Å²) in [7, 11) is 1.58. The molecule has 45 heavy (non-hydrogen) atoms. The van der Waals surface area contributed by atoms with Gasteiger partial charge in [-0.05, 0) is 50.5 Å². The number of benzene rings is 1. The lowest BCUT2D eigenvalue weighted by molar-refractivity contribution is -0.153. The molecule has 3 aromatic rings. The molecular formula is C32H36ClN5O7. The average Bonchev–Trinajstić information content (AvgIpc) is 3.43. The van der Waals surface area contributed by atoms with Crippen LogP contribution in [0, 0.1) is 12.3 Å². The number of carbonyl (C=O) groups is 2. The molecule has 3 amide bonds. The van der Waals surface area contributed by atoms with Crippen LogP contribution in [0.2, 0.25) is 0 Å². The fourth-order valence-corrected chi connectivity index (χ4v) is 5.93. The van der Waals surface area contributed by atoms with Crippen molar-refractivity contribution in [1.82, 2.24) is 20.4 Å². The summed E-state index contributed by atoms with van der Waals surface area (Å²) < 4.78 is 28.2. The van der Waals surface area contributed by atoms with Gasteiger partial charge in [-0.1, -0.05) is 5.16 Å². The SMILES string of the molecule is COc1cc2c(OC3=CC=C(NC(=O)Nc4cc(C)on4)C(Cl)C3)ccnc2cc1OCCCC(=O)N1CCC2(CC1)COC2. The van der Waals surface area contributed by atoms with Gasteiger partial charge < -0.3 is 33.7 Å². The molecule has 1 aromatic carbocycles. The summed E-state index contributed by atoms with van der Waals surface area (Å²) in [6, 6.07) is 6.54. The highest BCUT2D eigenvalue weighted by molar-refractivity contribution is 6.22. The second kappa shape index (κ2) is 13.4. The highest BCUT2D eigenvalue weighted by Crippen LogP contribution is 2.39. The van der Waals surface area contributed by atoms with Gasteiger partial charge in [-0.3, -0.25) is 15.1 Å². The Bertz CT molecular complexity index is 1620. The van der Waals surface area contributed by atoms with E-state index in [4.69, 9.17) is 35.1 Å². The number of anilines is 1. The number of fused-ring (bicyclic) bond motifs is 1. The second-order valence-electron chi connectivity index (χ2n) is 11.6. The first kappa shape index (κ1) is 30.7. The van der Waals surface area contributed by atoms with Crippen LogP contribution in [0.3, 0.4) is 0 Å². The smallest absolute Gasteiger partial charge is 0.324 e. The number of halogens is 1. The van der Waals surface area contributed by atoms with Crippen LogP contribution in [-0.4, -0.2) is 72.4 Å². The second-order valence-corrected chi connectivity index (χ2v) is 12.1. The fraction of sp³-hybridized carbons (Fsp3) is 0.438. The monoisotopic (exact) mass is 637 g/mol. The number of nitrogens with zero attached hydrogens (tertiary/aromatic N) is 3. The van der Waals surface area contributed by atoms with E-state index in [-0.39, 0.29) is 5.91 Å². The number of aryl methyl sites for hydroxylation is 1. The van der Waals surface area contributed by atoms with E-state index < -0.39 is 11.4 Å². The molecule has 1 atom stereocenters. The first-order valence-electron chi connectivity index (χ1n) is 15.0. The van der Waals surface area contributed by atoms with Crippen molar-refractivity contribution in [3.8, 4) is 17.2 Å². The van der Waals surface area contributed by atoms with Crippen molar-refractivity contribution < 1.29 is 33.1 Å². The third-order valence-corrected chi connectivity index (χ3v) is 8.70. The first-order chi connectivity index (χ1) is 21.8. The summed E-state index contributed by atoms with van der Waals surface area (Å²) in [5.41, 5.74) is 1.50. The van der Waals surface area contributed by atoms with Crippen molar-refractivity contribution in [3.63, 3.8) is 0 Å². The molecule has 0 saturated carbocycles. The summed E-state index contributed by atoms with van der Waals surface area (Å²) in [4.78, 5) is 31.5. The van der Waals surface area contributed by atoms with Gasteiger partial charge in [0, 0.05) is 60.8 Å². The molecule has 0 radical (unpaired) electrons. The minimum absolute atomic E-state index is 0.168. The van der Waals surface area contributed by atoms with Gasteiger partial charge in [0.25, 0.3) is 0 Å². The van der Waals surface area contributed by atoms with E-state index in [2.05, 4.69) is 20.8 Å². The number of ether oxygens (including phenoxy) is 4. The number of hydrogen-bond acceptors (Lipinski definition) is 9. The number of likely N-dealkylation sites (tertiary alicyclic amines) is 1. The Labute approximate surface area is 265 Å². The molecule has 1 unspecified atom stereocenters. The molecule has 4 heterocycles. The molecule has 1 aliphatic carbocycles. The number of alkyl halides is 1. The molecule has 2 N–H and O–H groups in total. The molecule has 0 bridgehead atoms. The average molecular weight is 638 g/mol. The largest absolute Gasteiger partial charge is 0.493 e. The van der Waals surface area contributed by atoms with Crippen molar-refractivity contribution in [2.24, 2.45) is 5.41 Å². The molecule has 12 nitrogen and oxygen atoms in total. The zero-order valence-corrected chi connectivity index (χ0v) is 26.0. The predicted molar refractivity (Wildman–Crippen MR) is 167 cm³/mol. The van der Waals surface area contributed by atoms with Gasteiger partial charge in [0.1, 0.15) is 17.3 Å². The highest BCUT2D eigenvalue weighted by atomic mass is 35.5.